The molecule has 3 heterocycles. The van der Waals surface area contributed by atoms with E-state index in [1.54, 1.807) is 6.20 Å². The molecule has 0 bridgehead atoms. The van der Waals surface area contributed by atoms with Crippen LogP contribution in [-0.4, -0.2) is 30.0 Å². The summed E-state index contributed by atoms with van der Waals surface area (Å²) in [5, 5.41) is 12.2. The third kappa shape index (κ3) is 2.26. The molecule has 2 fully saturated rings. The van der Waals surface area contributed by atoms with Crippen LogP contribution in [0.3, 0.4) is 0 Å². The predicted molar refractivity (Wildman–Crippen MR) is 70.4 cm³/mol. The summed E-state index contributed by atoms with van der Waals surface area (Å²) in [5.74, 6) is 0.659. The van der Waals surface area contributed by atoms with Crippen molar-refractivity contribution in [3.8, 4) is 6.07 Å². The molecule has 2 aliphatic heterocycles. The van der Waals surface area contributed by atoms with E-state index in [0.29, 0.717) is 24.1 Å². The fourth-order valence-corrected chi connectivity index (χ4v) is 3.07. The lowest BCUT2D eigenvalue weighted by Gasteiger charge is -2.42. The van der Waals surface area contributed by atoms with E-state index < -0.39 is 0 Å². The van der Waals surface area contributed by atoms with Crippen molar-refractivity contribution in [2.45, 2.75) is 25.3 Å². The fraction of sp³-hybridized carbons (Fsp3) is 0.500. The van der Waals surface area contributed by atoms with Crippen LogP contribution in [0.2, 0.25) is 0 Å². The molecule has 19 heavy (non-hydrogen) atoms. The quantitative estimate of drug-likeness (QED) is 0.815. The Bertz CT molecular complexity index is 536. The summed E-state index contributed by atoms with van der Waals surface area (Å²) in [6.07, 6.45) is 4.15. The van der Waals surface area contributed by atoms with E-state index in [0.717, 1.165) is 31.6 Å². The number of pyridine rings is 1. The van der Waals surface area contributed by atoms with E-state index in [2.05, 4.69) is 21.3 Å². The molecule has 0 spiro atoms. The van der Waals surface area contributed by atoms with Crippen molar-refractivity contribution in [2.75, 3.05) is 18.0 Å². The number of nitrogens with one attached hydrogen (secondary N) is 1. The number of nitriles is 1. The van der Waals surface area contributed by atoms with E-state index in [4.69, 9.17) is 5.26 Å². The van der Waals surface area contributed by atoms with E-state index in [9.17, 15) is 4.79 Å². The number of carbonyl (C=O) groups is 1. The van der Waals surface area contributed by atoms with Gasteiger partial charge in [-0.05, 0) is 30.9 Å². The number of hydrogen-bond donors (Lipinski definition) is 1. The van der Waals surface area contributed by atoms with E-state index in [-0.39, 0.29) is 5.91 Å². The van der Waals surface area contributed by atoms with Crippen molar-refractivity contribution in [1.82, 2.24) is 10.3 Å². The van der Waals surface area contributed by atoms with Gasteiger partial charge in [-0.15, -0.1) is 0 Å². The number of piperidine rings is 2. The van der Waals surface area contributed by atoms with E-state index in [1.165, 1.54) is 0 Å². The highest BCUT2D eigenvalue weighted by Gasteiger charge is 2.34. The first-order valence-corrected chi connectivity index (χ1v) is 6.67. The molecule has 0 saturated carbocycles. The van der Waals surface area contributed by atoms with Crippen LogP contribution >= 0.6 is 0 Å². The minimum absolute atomic E-state index is 0.175. The minimum Gasteiger partial charge on any atom is -0.369 e. The summed E-state index contributed by atoms with van der Waals surface area (Å²) in [4.78, 5) is 17.7. The molecular formula is C14H16N4O. The monoisotopic (exact) mass is 256 g/mol. The molecule has 1 N–H and O–H groups in total. The van der Waals surface area contributed by atoms with Crippen molar-refractivity contribution in [3.63, 3.8) is 0 Å². The summed E-state index contributed by atoms with van der Waals surface area (Å²) < 4.78 is 0. The largest absolute Gasteiger partial charge is 0.369 e. The molecule has 98 valence electrons. The number of fused-ring (bicyclic) bond motifs is 1. The highest BCUT2D eigenvalue weighted by Crippen LogP contribution is 2.29. The molecule has 2 atom stereocenters. The molecule has 3 rings (SSSR count). The number of nitrogens with zero attached hydrogens (tertiary/aromatic N) is 3. The van der Waals surface area contributed by atoms with Gasteiger partial charge >= 0.3 is 0 Å². The fourth-order valence-electron chi connectivity index (χ4n) is 3.07. The highest BCUT2D eigenvalue weighted by atomic mass is 16.1. The Balaban J connectivity index is 1.78. The van der Waals surface area contributed by atoms with Crippen molar-refractivity contribution in [1.29, 1.82) is 5.26 Å². The van der Waals surface area contributed by atoms with Crippen LogP contribution in [0.5, 0.6) is 0 Å². The summed E-state index contributed by atoms with van der Waals surface area (Å²) in [6, 6.07) is 6.27. The van der Waals surface area contributed by atoms with Crippen LogP contribution in [0.4, 0.5) is 5.69 Å². The molecule has 2 aliphatic rings. The highest BCUT2D eigenvalue weighted by molar-refractivity contribution is 5.77. The second kappa shape index (κ2) is 4.88. The molecule has 2 unspecified atom stereocenters. The zero-order chi connectivity index (χ0) is 13.2. The van der Waals surface area contributed by atoms with Crippen LogP contribution in [0, 0.1) is 17.2 Å². The molecular weight excluding hydrogens is 240 g/mol. The SMILES string of the molecule is N#Cc1ncccc1N1CCC2NC(=O)CCC2C1. The first-order valence-electron chi connectivity index (χ1n) is 6.67. The van der Waals surface area contributed by atoms with Crippen molar-refractivity contribution >= 4 is 11.6 Å². The summed E-state index contributed by atoms with van der Waals surface area (Å²) >= 11 is 0. The van der Waals surface area contributed by atoms with Crippen LogP contribution in [0.25, 0.3) is 0 Å². The van der Waals surface area contributed by atoms with Gasteiger partial charge in [-0.25, -0.2) is 4.98 Å². The number of hydrogen-bond acceptors (Lipinski definition) is 4. The molecule has 5 nitrogen and oxygen atoms in total. The Morgan fingerprint density at radius 1 is 1.47 bits per heavy atom. The number of rotatable bonds is 1. The topological polar surface area (TPSA) is 69.0 Å². The Hall–Kier alpha value is -2.09. The smallest absolute Gasteiger partial charge is 0.220 e. The average molecular weight is 256 g/mol. The summed E-state index contributed by atoms with van der Waals surface area (Å²) in [5.41, 5.74) is 1.40. The third-order valence-corrected chi connectivity index (χ3v) is 4.06. The normalized spacial score (nSPS) is 26.3. The minimum atomic E-state index is 0.175. The Morgan fingerprint density at radius 2 is 2.37 bits per heavy atom. The lowest BCUT2D eigenvalue weighted by Crippen LogP contribution is -2.54. The average Bonchev–Trinajstić information content (AvgIpc) is 2.46. The van der Waals surface area contributed by atoms with Gasteiger partial charge in [0, 0.05) is 31.7 Å². The summed E-state index contributed by atoms with van der Waals surface area (Å²) in [7, 11) is 0. The number of amides is 1. The maximum atomic E-state index is 11.4. The number of anilines is 1. The Labute approximate surface area is 112 Å². The standard InChI is InChI=1S/C14H16N4O/c15-8-12-13(2-1-6-16-12)18-7-5-11-10(9-18)3-4-14(19)17-11/h1-2,6,10-11H,3-5,7,9H2,(H,17,19). The molecule has 2 saturated heterocycles. The van der Waals surface area contributed by atoms with Crippen molar-refractivity contribution < 1.29 is 4.79 Å². The molecule has 0 aromatic carbocycles. The summed E-state index contributed by atoms with van der Waals surface area (Å²) in [6.45, 7) is 1.76. The molecule has 0 radical (unpaired) electrons. The van der Waals surface area contributed by atoms with Crippen molar-refractivity contribution in [2.24, 2.45) is 5.92 Å². The van der Waals surface area contributed by atoms with Gasteiger partial charge in [0.05, 0.1) is 5.69 Å². The van der Waals surface area contributed by atoms with Gasteiger partial charge < -0.3 is 10.2 Å². The first kappa shape index (κ1) is 12.0. The predicted octanol–water partition coefficient (Wildman–Crippen LogP) is 1.06. The molecule has 1 aromatic heterocycles. The molecule has 0 aliphatic carbocycles. The Kier molecular flexibility index (Phi) is 3.08. The van der Waals surface area contributed by atoms with Crippen molar-refractivity contribution in [3.05, 3.63) is 24.0 Å². The zero-order valence-electron chi connectivity index (χ0n) is 10.7. The number of aromatic nitrogens is 1. The van der Waals surface area contributed by atoms with Gasteiger partial charge in [0.15, 0.2) is 5.69 Å². The Morgan fingerprint density at radius 3 is 3.21 bits per heavy atom. The van der Waals surface area contributed by atoms with Gasteiger partial charge in [0.2, 0.25) is 5.91 Å². The maximum Gasteiger partial charge on any atom is 0.220 e. The van der Waals surface area contributed by atoms with Crippen LogP contribution < -0.4 is 10.2 Å². The zero-order valence-corrected chi connectivity index (χ0v) is 10.7. The van der Waals surface area contributed by atoms with Gasteiger partial charge in [0.25, 0.3) is 0 Å². The third-order valence-electron chi connectivity index (χ3n) is 4.06. The molecule has 1 aromatic rings. The lowest BCUT2D eigenvalue weighted by molar-refractivity contribution is -0.124. The number of carbonyl (C=O) groups excluding carboxylic acids is 1. The van der Waals surface area contributed by atoms with Crippen LogP contribution in [0.15, 0.2) is 18.3 Å². The second-order valence-corrected chi connectivity index (χ2v) is 5.19. The van der Waals surface area contributed by atoms with E-state index in [1.807, 2.05) is 12.1 Å². The van der Waals surface area contributed by atoms with Gasteiger partial charge in [-0.1, -0.05) is 0 Å². The second-order valence-electron chi connectivity index (χ2n) is 5.19. The van der Waals surface area contributed by atoms with Gasteiger partial charge in [-0.3, -0.25) is 4.79 Å². The van der Waals surface area contributed by atoms with Crippen LogP contribution in [0.1, 0.15) is 25.0 Å². The first-order chi connectivity index (χ1) is 9.28. The van der Waals surface area contributed by atoms with Crippen LogP contribution in [-0.2, 0) is 4.79 Å². The molecule has 5 heteroatoms. The van der Waals surface area contributed by atoms with Gasteiger partial charge in [-0.2, -0.15) is 5.26 Å². The lowest BCUT2D eigenvalue weighted by atomic mass is 9.85. The maximum absolute atomic E-state index is 11.4. The molecule has 1 amide bonds. The van der Waals surface area contributed by atoms with E-state index >= 15 is 0 Å². The van der Waals surface area contributed by atoms with Gasteiger partial charge in [0.1, 0.15) is 6.07 Å².